The summed E-state index contributed by atoms with van der Waals surface area (Å²) >= 11 is 7.83. The number of rotatable bonds is 11. The molecule has 23 heteroatoms. The molecule has 3 saturated carbocycles. The van der Waals surface area contributed by atoms with E-state index >= 15 is 0 Å². The molecule has 0 radical (unpaired) electrons. The molecule has 0 bridgehead atoms. The maximum absolute atomic E-state index is 14.9. The first-order valence-corrected chi connectivity index (χ1v) is 24.4. The highest BCUT2D eigenvalue weighted by Gasteiger charge is 2.75. The standard InChI is InChI=1S/C46H57ClF6N8O7S/c1-24(2)15-30-39(65)60(4)32(17-26-16-27(47)10-11-29(26)34-19-54-23-69-34)38(64)58-44(12-13-44)41(67)55-14-6-5-7-31(36(62)56-30)59(3)40(66)35(25-8-9-25)57-37(63)33-18-28(48)20-61(33)42(68)43(46(51,52)53)21-45(49,50)22-43/h10-11,16,19,23-25,28,30-33,35H,5-9,12-15,17-18,20-22H2,1-4H3,(H,55,67)(H,56,62)(H,57,63)(H,58,64)/t28-,30+,31+,32+,33+,35+/m1/s1. The fraction of sp³-hybridized carbons (Fsp3) is 0.652. The smallest absolute Gasteiger partial charge is 0.354 e. The monoisotopic (exact) mass is 1010 g/mol. The van der Waals surface area contributed by atoms with Crippen molar-refractivity contribution in [2.24, 2.45) is 17.3 Å². The number of carbonyl (C=O) groups excluding carboxylic acids is 7. The number of amides is 7. The molecular formula is C46H57ClF6N8O7S. The van der Waals surface area contributed by atoms with Crippen LogP contribution in [0, 0.1) is 17.3 Å². The molecule has 6 atom stereocenters. The summed E-state index contributed by atoms with van der Waals surface area (Å²) in [6.07, 6.45) is -7.95. The molecule has 2 aromatic rings. The maximum Gasteiger partial charge on any atom is 0.403 e. The van der Waals surface area contributed by atoms with E-state index in [0.29, 0.717) is 47.6 Å². The molecule has 5 fully saturated rings. The van der Waals surface area contributed by atoms with Gasteiger partial charge in [-0.3, -0.25) is 38.5 Å². The number of likely N-dealkylation sites (tertiary alicyclic amines) is 1. The molecule has 7 amide bonds. The lowest BCUT2D eigenvalue weighted by molar-refractivity contribution is -0.299. The molecule has 1 spiro atoms. The molecule has 1 aromatic carbocycles. The molecule has 4 N–H and O–H groups in total. The first-order valence-electron chi connectivity index (χ1n) is 23.2. The van der Waals surface area contributed by atoms with Crippen LogP contribution in [0.3, 0.4) is 0 Å². The third-order valence-corrected chi connectivity index (χ3v) is 15.1. The summed E-state index contributed by atoms with van der Waals surface area (Å²) in [6, 6.07) is -1.81. The number of halogens is 7. The molecule has 2 saturated heterocycles. The van der Waals surface area contributed by atoms with Gasteiger partial charge in [0.25, 0.3) is 5.92 Å². The van der Waals surface area contributed by atoms with Gasteiger partial charge < -0.3 is 36.0 Å². The predicted molar refractivity (Wildman–Crippen MR) is 240 cm³/mol. The number of nitrogens with one attached hydrogen (secondary N) is 4. The van der Waals surface area contributed by atoms with Gasteiger partial charge in [-0.25, -0.2) is 13.2 Å². The lowest BCUT2D eigenvalue weighted by Crippen LogP contribution is -2.65. The first-order chi connectivity index (χ1) is 32.4. The molecule has 378 valence electrons. The van der Waals surface area contributed by atoms with E-state index in [1.807, 2.05) is 13.8 Å². The van der Waals surface area contributed by atoms with E-state index in [2.05, 4.69) is 26.3 Å². The van der Waals surface area contributed by atoms with E-state index in [1.54, 1.807) is 29.9 Å². The molecule has 3 heterocycles. The summed E-state index contributed by atoms with van der Waals surface area (Å²) in [5.74, 6) is -10.7. The second-order valence-corrected chi connectivity index (χ2v) is 21.1. The Hall–Kier alpha value is -4.99. The molecule has 3 aliphatic carbocycles. The number of hydrogen-bond acceptors (Lipinski definition) is 9. The predicted octanol–water partition coefficient (Wildman–Crippen LogP) is 4.95. The van der Waals surface area contributed by atoms with E-state index in [0.717, 1.165) is 15.3 Å². The average molecular weight is 1020 g/mol. The van der Waals surface area contributed by atoms with E-state index < -0.39 is 133 Å². The maximum atomic E-state index is 14.9. The third kappa shape index (κ3) is 11.2. The summed E-state index contributed by atoms with van der Waals surface area (Å²) < 4.78 is 85.4. The molecule has 2 aliphatic heterocycles. The van der Waals surface area contributed by atoms with Gasteiger partial charge in [0.1, 0.15) is 41.9 Å². The van der Waals surface area contributed by atoms with Crippen molar-refractivity contribution in [3.63, 3.8) is 0 Å². The number of nitrogens with zero attached hydrogens (tertiary/aromatic N) is 4. The van der Waals surface area contributed by atoms with E-state index in [4.69, 9.17) is 11.6 Å². The number of likely N-dealkylation sites (N-methyl/N-ethyl adjacent to an activating group) is 2. The number of carbonyl (C=O) groups is 7. The van der Waals surface area contributed by atoms with Crippen molar-refractivity contribution in [2.45, 2.75) is 145 Å². The van der Waals surface area contributed by atoms with Crippen LogP contribution >= 0.6 is 22.9 Å². The zero-order valence-electron chi connectivity index (χ0n) is 38.6. The minimum atomic E-state index is -5.42. The zero-order valence-corrected chi connectivity index (χ0v) is 40.2. The van der Waals surface area contributed by atoms with Crippen LogP contribution in [0.5, 0.6) is 0 Å². The Morgan fingerprint density at radius 1 is 1.04 bits per heavy atom. The Morgan fingerprint density at radius 3 is 2.33 bits per heavy atom. The highest BCUT2D eigenvalue weighted by Crippen LogP contribution is 2.61. The molecule has 1 aromatic heterocycles. The summed E-state index contributed by atoms with van der Waals surface area (Å²) in [5, 5.41) is 11.5. The van der Waals surface area contributed by atoms with Crippen LogP contribution in [-0.4, -0.2) is 142 Å². The van der Waals surface area contributed by atoms with Gasteiger partial charge in [-0.15, -0.1) is 11.3 Å². The Bertz CT molecular complexity index is 2310. The average Bonchev–Trinajstić information content (AvgIpc) is 4.17. The van der Waals surface area contributed by atoms with Crippen molar-refractivity contribution >= 4 is 64.3 Å². The largest absolute Gasteiger partial charge is 0.403 e. The van der Waals surface area contributed by atoms with Gasteiger partial charge in [-0.2, -0.15) is 13.2 Å². The number of alkyl halides is 6. The molecule has 69 heavy (non-hydrogen) atoms. The van der Waals surface area contributed by atoms with Crippen LogP contribution in [0.2, 0.25) is 5.02 Å². The lowest BCUT2D eigenvalue weighted by Gasteiger charge is -2.48. The third-order valence-electron chi connectivity index (χ3n) is 14.0. The van der Waals surface area contributed by atoms with Crippen molar-refractivity contribution in [3.8, 4) is 10.4 Å². The second-order valence-electron chi connectivity index (χ2n) is 19.7. The van der Waals surface area contributed by atoms with Crippen LogP contribution in [0.25, 0.3) is 10.4 Å². The molecule has 5 aliphatic rings. The van der Waals surface area contributed by atoms with Gasteiger partial charge in [-0.05, 0) is 86.5 Å². The molecule has 0 unspecified atom stereocenters. The highest BCUT2D eigenvalue weighted by atomic mass is 35.5. The quantitative estimate of drug-likeness (QED) is 0.228. The van der Waals surface area contributed by atoms with E-state index in [9.17, 15) is 59.9 Å². The summed E-state index contributed by atoms with van der Waals surface area (Å²) in [7, 11) is 2.74. The van der Waals surface area contributed by atoms with Crippen LogP contribution < -0.4 is 21.3 Å². The zero-order chi connectivity index (χ0) is 50.4. The van der Waals surface area contributed by atoms with Crippen molar-refractivity contribution < 1.29 is 59.9 Å². The van der Waals surface area contributed by atoms with Gasteiger partial charge in [-0.1, -0.05) is 31.5 Å². The summed E-state index contributed by atoms with van der Waals surface area (Å²) in [6.45, 7) is 2.85. The van der Waals surface area contributed by atoms with Gasteiger partial charge in [0.05, 0.1) is 16.9 Å². The first kappa shape index (κ1) is 51.8. The van der Waals surface area contributed by atoms with Crippen LogP contribution in [0.4, 0.5) is 26.3 Å². The Labute approximate surface area is 404 Å². The molecule has 15 nitrogen and oxygen atoms in total. The normalized spacial score (nSPS) is 26.7. The number of benzene rings is 1. The number of hydrogen-bond donors (Lipinski definition) is 4. The second kappa shape index (κ2) is 20.0. The van der Waals surface area contributed by atoms with Gasteiger partial charge in [0.2, 0.25) is 41.4 Å². The fourth-order valence-corrected chi connectivity index (χ4v) is 10.6. The lowest BCUT2D eigenvalue weighted by atomic mass is 9.64. The van der Waals surface area contributed by atoms with E-state index in [1.165, 1.54) is 30.3 Å². The van der Waals surface area contributed by atoms with Crippen molar-refractivity contribution in [1.82, 2.24) is 41.0 Å². The van der Waals surface area contributed by atoms with Crippen molar-refractivity contribution in [1.29, 1.82) is 0 Å². The summed E-state index contributed by atoms with van der Waals surface area (Å²) in [5.41, 5.74) is -1.74. The topological polar surface area (TPSA) is 190 Å². The number of aromatic nitrogens is 1. The van der Waals surface area contributed by atoms with Gasteiger partial charge in [0, 0.05) is 57.5 Å². The summed E-state index contributed by atoms with van der Waals surface area (Å²) in [4.78, 5) is 107. The molecular weight excluding hydrogens is 958 g/mol. The van der Waals surface area contributed by atoms with Crippen molar-refractivity contribution in [3.05, 3.63) is 40.5 Å². The SMILES string of the molecule is CC(C)C[C@@H]1NC(=O)[C@@H](N(C)C(=O)[C@@H](NC(=O)[C@@H]2C[C@@H](F)CN2C(=O)C2(C(F)(F)F)CC(F)(F)C2)C2CC2)CCCCNC(=O)C2(CC2)NC(=O)[C@H](Cc2cc(Cl)ccc2-c2cncs2)N(C)C1=O. The van der Waals surface area contributed by atoms with Crippen LogP contribution in [0.15, 0.2) is 29.9 Å². The van der Waals surface area contributed by atoms with Crippen LogP contribution in [-0.2, 0) is 40.0 Å². The van der Waals surface area contributed by atoms with Gasteiger partial charge >= 0.3 is 6.18 Å². The number of thiazole rings is 1. The van der Waals surface area contributed by atoms with Crippen molar-refractivity contribution in [2.75, 3.05) is 27.2 Å². The molecule has 7 rings (SSSR count). The fourth-order valence-electron chi connectivity index (χ4n) is 9.75. The Kier molecular flexibility index (Phi) is 15.0. The Morgan fingerprint density at radius 2 is 1.74 bits per heavy atom. The highest BCUT2D eigenvalue weighted by molar-refractivity contribution is 7.13. The van der Waals surface area contributed by atoms with Crippen LogP contribution in [0.1, 0.15) is 90.0 Å². The minimum absolute atomic E-state index is 0.00588. The van der Waals surface area contributed by atoms with Gasteiger partial charge in [0.15, 0.2) is 5.41 Å². The Balaban J connectivity index is 1.14. The van der Waals surface area contributed by atoms with E-state index in [-0.39, 0.29) is 38.1 Å². The minimum Gasteiger partial charge on any atom is -0.354 e.